The van der Waals surface area contributed by atoms with Crippen LogP contribution in [0.2, 0.25) is 0 Å². The van der Waals surface area contributed by atoms with Crippen molar-refractivity contribution in [3.8, 4) is 0 Å². The molecule has 0 spiro atoms. The maximum Gasteiger partial charge on any atom is 0.433 e. The lowest BCUT2D eigenvalue weighted by Crippen LogP contribution is -2.44. The van der Waals surface area contributed by atoms with Crippen LogP contribution >= 0.6 is 0 Å². The molecule has 1 aromatic rings. The van der Waals surface area contributed by atoms with E-state index in [0.29, 0.717) is 19.6 Å². The molecule has 2 atom stereocenters. The second-order valence-corrected chi connectivity index (χ2v) is 4.65. The Morgan fingerprint density at radius 3 is 2.95 bits per heavy atom. The fourth-order valence-corrected chi connectivity index (χ4v) is 2.12. The van der Waals surface area contributed by atoms with Crippen molar-refractivity contribution in [1.82, 2.24) is 4.98 Å². The van der Waals surface area contributed by atoms with Gasteiger partial charge < -0.3 is 19.9 Å². The summed E-state index contributed by atoms with van der Waals surface area (Å²) in [7, 11) is 0. The van der Waals surface area contributed by atoms with Gasteiger partial charge in [-0.15, -0.1) is 0 Å². The minimum absolute atomic E-state index is 0.105. The summed E-state index contributed by atoms with van der Waals surface area (Å²) in [4.78, 5) is 3.56. The summed E-state index contributed by atoms with van der Waals surface area (Å²) in [6.07, 6.45) is -4.10. The van der Waals surface area contributed by atoms with Crippen LogP contribution in [0.1, 0.15) is 12.1 Å². The van der Waals surface area contributed by atoms with E-state index in [0.717, 1.165) is 6.07 Å². The van der Waals surface area contributed by atoms with Crippen LogP contribution in [0.15, 0.2) is 18.2 Å². The van der Waals surface area contributed by atoms with Crippen molar-refractivity contribution in [2.75, 3.05) is 31.7 Å². The van der Waals surface area contributed by atoms with E-state index < -0.39 is 11.9 Å². The van der Waals surface area contributed by atoms with E-state index in [1.165, 1.54) is 12.1 Å². The zero-order chi connectivity index (χ0) is 15.3. The summed E-state index contributed by atoms with van der Waals surface area (Å²) < 4.78 is 48.6. The number of alkyl halides is 3. The van der Waals surface area contributed by atoms with Crippen molar-refractivity contribution in [2.24, 2.45) is 0 Å². The number of aliphatic hydroxyl groups is 1. The Labute approximate surface area is 120 Å². The van der Waals surface area contributed by atoms with E-state index in [9.17, 15) is 13.2 Å². The molecular formula is C13H17F3N2O3. The molecule has 1 fully saturated rings. The molecule has 1 aliphatic heterocycles. The van der Waals surface area contributed by atoms with Gasteiger partial charge in [-0.2, -0.15) is 13.2 Å². The van der Waals surface area contributed by atoms with Gasteiger partial charge in [0.05, 0.1) is 32.0 Å². The van der Waals surface area contributed by atoms with E-state index in [-0.39, 0.29) is 31.2 Å². The summed E-state index contributed by atoms with van der Waals surface area (Å²) in [5.41, 5.74) is -0.947. The predicted octanol–water partition coefficient (Wildman–Crippen LogP) is 1.68. The van der Waals surface area contributed by atoms with Gasteiger partial charge in [-0.05, 0) is 18.6 Å². The van der Waals surface area contributed by atoms with Gasteiger partial charge in [0.25, 0.3) is 0 Å². The first-order valence-corrected chi connectivity index (χ1v) is 6.61. The van der Waals surface area contributed by atoms with Crippen molar-refractivity contribution in [3.63, 3.8) is 0 Å². The third kappa shape index (κ3) is 4.55. The first-order valence-electron chi connectivity index (χ1n) is 6.61. The number of nitrogens with one attached hydrogen (secondary N) is 1. The van der Waals surface area contributed by atoms with Crippen LogP contribution in [0.5, 0.6) is 0 Å². The van der Waals surface area contributed by atoms with Gasteiger partial charge in [0.15, 0.2) is 0 Å². The number of hydrogen-bond donors (Lipinski definition) is 2. The number of nitrogens with zero attached hydrogens (tertiary/aromatic N) is 1. The molecule has 0 bridgehead atoms. The molecule has 2 heterocycles. The highest BCUT2D eigenvalue weighted by molar-refractivity contribution is 5.37. The van der Waals surface area contributed by atoms with E-state index in [1.807, 2.05) is 0 Å². The predicted molar refractivity (Wildman–Crippen MR) is 68.9 cm³/mol. The second-order valence-electron chi connectivity index (χ2n) is 4.65. The smallest absolute Gasteiger partial charge is 0.394 e. The maximum absolute atomic E-state index is 12.6. The quantitative estimate of drug-likeness (QED) is 0.866. The number of pyridine rings is 1. The second kappa shape index (κ2) is 7.06. The molecule has 1 saturated heterocycles. The summed E-state index contributed by atoms with van der Waals surface area (Å²) in [5.74, 6) is 0.123. The van der Waals surface area contributed by atoms with Gasteiger partial charge >= 0.3 is 6.18 Å². The molecule has 8 heteroatoms. The molecular weight excluding hydrogens is 289 g/mol. The molecule has 21 heavy (non-hydrogen) atoms. The van der Waals surface area contributed by atoms with Crippen LogP contribution in [0.3, 0.4) is 0 Å². The first kappa shape index (κ1) is 16.0. The van der Waals surface area contributed by atoms with Gasteiger partial charge in [-0.3, -0.25) is 0 Å². The summed E-state index contributed by atoms with van der Waals surface area (Å²) in [6, 6.07) is 3.38. The molecule has 0 aromatic carbocycles. The van der Waals surface area contributed by atoms with E-state index >= 15 is 0 Å². The lowest BCUT2D eigenvalue weighted by Gasteiger charge is -2.32. The zero-order valence-electron chi connectivity index (χ0n) is 11.3. The Kier molecular flexibility index (Phi) is 5.38. The van der Waals surface area contributed by atoms with Gasteiger partial charge in [-0.1, -0.05) is 6.07 Å². The van der Waals surface area contributed by atoms with Crippen LogP contribution in [-0.4, -0.2) is 48.7 Å². The highest BCUT2D eigenvalue weighted by atomic mass is 19.4. The standard InChI is InChI=1S/C13H17F3N2O3/c14-13(15,16)11-2-1-3-12(18-11)17-9-8-20-6-4-10(9)21-7-5-19/h1-3,9-10,19H,4-8H2,(H,17,18)/t9-,10+/m1/s1. The van der Waals surface area contributed by atoms with Gasteiger partial charge in [0, 0.05) is 6.61 Å². The van der Waals surface area contributed by atoms with Crippen molar-refractivity contribution in [1.29, 1.82) is 0 Å². The number of hydrogen-bond acceptors (Lipinski definition) is 5. The maximum atomic E-state index is 12.6. The van der Waals surface area contributed by atoms with Crippen LogP contribution in [0.4, 0.5) is 19.0 Å². The molecule has 5 nitrogen and oxygen atoms in total. The van der Waals surface area contributed by atoms with Gasteiger partial charge in [-0.25, -0.2) is 4.98 Å². The van der Waals surface area contributed by atoms with Gasteiger partial charge in [0.1, 0.15) is 11.5 Å². The topological polar surface area (TPSA) is 63.6 Å². The Hall–Kier alpha value is -1.38. The number of aromatic nitrogens is 1. The Balaban J connectivity index is 2.05. The lowest BCUT2D eigenvalue weighted by molar-refractivity contribution is -0.141. The van der Waals surface area contributed by atoms with E-state index in [4.69, 9.17) is 14.6 Å². The van der Waals surface area contributed by atoms with Crippen LogP contribution in [0.25, 0.3) is 0 Å². The molecule has 0 amide bonds. The fraction of sp³-hybridized carbons (Fsp3) is 0.615. The molecule has 2 rings (SSSR count). The number of anilines is 1. The Morgan fingerprint density at radius 2 is 2.24 bits per heavy atom. The monoisotopic (exact) mass is 306 g/mol. The van der Waals surface area contributed by atoms with E-state index in [2.05, 4.69) is 10.3 Å². The molecule has 118 valence electrons. The average Bonchev–Trinajstić information content (AvgIpc) is 2.46. The third-order valence-electron chi connectivity index (χ3n) is 3.09. The Bertz CT molecular complexity index is 457. The normalized spacial score (nSPS) is 23.0. The molecule has 1 aromatic heterocycles. The minimum atomic E-state index is -4.48. The third-order valence-corrected chi connectivity index (χ3v) is 3.09. The Morgan fingerprint density at radius 1 is 1.43 bits per heavy atom. The zero-order valence-corrected chi connectivity index (χ0v) is 11.3. The van der Waals surface area contributed by atoms with E-state index in [1.54, 1.807) is 0 Å². The highest BCUT2D eigenvalue weighted by Gasteiger charge is 2.33. The molecule has 0 unspecified atom stereocenters. The lowest BCUT2D eigenvalue weighted by atomic mass is 10.1. The van der Waals surface area contributed by atoms with Crippen molar-refractivity contribution in [3.05, 3.63) is 23.9 Å². The van der Waals surface area contributed by atoms with Crippen molar-refractivity contribution < 1.29 is 27.8 Å². The molecule has 0 radical (unpaired) electrons. The van der Waals surface area contributed by atoms with Crippen LogP contribution in [-0.2, 0) is 15.7 Å². The molecule has 0 aliphatic carbocycles. The first-order chi connectivity index (χ1) is 10.0. The fourth-order valence-electron chi connectivity index (χ4n) is 2.12. The van der Waals surface area contributed by atoms with Gasteiger partial charge in [0.2, 0.25) is 0 Å². The SMILES string of the molecule is OCCO[C@H]1CCOC[C@H]1Nc1cccc(C(F)(F)F)n1. The number of halogens is 3. The van der Waals surface area contributed by atoms with Crippen LogP contribution in [0, 0.1) is 0 Å². The number of rotatable bonds is 5. The summed E-state index contributed by atoms with van der Waals surface area (Å²) in [6.45, 7) is 0.906. The summed E-state index contributed by atoms with van der Waals surface area (Å²) in [5, 5.41) is 11.7. The molecule has 1 aliphatic rings. The minimum Gasteiger partial charge on any atom is -0.394 e. The largest absolute Gasteiger partial charge is 0.433 e. The summed E-state index contributed by atoms with van der Waals surface area (Å²) >= 11 is 0. The van der Waals surface area contributed by atoms with Crippen LogP contribution < -0.4 is 5.32 Å². The molecule has 0 saturated carbocycles. The average molecular weight is 306 g/mol. The van der Waals surface area contributed by atoms with Crippen molar-refractivity contribution >= 4 is 5.82 Å². The highest BCUT2D eigenvalue weighted by Crippen LogP contribution is 2.28. The molecule has 2 N–H and O–H groups in total. The number of aliphatic hydroxyl groups excluding tert-OH is 1. The number of ether oxygens (including phenoxy) is 2. The van der Waals surface area contributed by atoms with Crippen molar-refractivity contribution in [2.45, 2.75) is 24.7 Å².